The highest BCUT2D eigenvalue weighted by Gasteiger charge is 2.51. The standard InChI is InChI=1S/C22H33NO2/c1-15(2)23-13-20(24)14-25-21-5-3-19(4-6-21)22-10-16-7-17(11-22)9-18(8-16)12-22/h3-6,15-18,20,23-24H,7-14H2,1-2H3/p+1/t16?,17?,18?,20-,22?/m0/s1. The Labute approximate surface area is 152 Å². The number of rotatable bonds is 7. The Bertz CT molecular complexity index is 545. The van der Waals surface area contributed by atoms with Gasteiger partial charge in [0, 0.05) is 0 Å². The average Bonchev–Trinajstić information content (AvgIpc) is 2.57. The van der Waals surface area contributed by atoms with Gasteiger partial charge in [0.15, 0.2) is 0 Å². The van der Waals surface area contributed by atoms with Crippen LogP contribution in [0.4, 0.5) is 0 Å². The van der Waals surface area contributed by atoms with E-state index in [0.29, 0.717) is 24.6 Å². The Morgan fingerprint density at radius 3 is 2.12 bits per heavy atom. The van der Waals surface area contributed by atoms with E-state index < -0.39 is 6.10 Å². The molecule has 0 aliphatic heterocycles. The first kappa shape index (κ1) is 17.4. The molecule has 0 heterocycles. The molecule has 0 aromatic heterocycles. The Morgan fingerprint density at radius 1 is 1.04 bits per heavy atom. The Morgan fingerprint density at radius 2 is 1.60 bits per heavy atom. The molecule has 4 saturated carbocycles. The summed E-state index contributed by atoms with van der Waals surface area (Å²) in [5, 5.41) is 12.2. The Balaban J connectivity index is 1.36. The van der Waals surface area contributed by atoms with Gasteiger partial charge in [-0.1, -0.05) is 12.1 Å². The average molecular weight is 345 g/mol. The van der Waals surface area contributed by atoms with Gasteiger partial charge in [-0.15, -0.1) is 0 Å². The quantitative estimate of drug-likeness (QED) is 0.799. The lowest BCUT2D eigenvalue weighted by atomic mass is 9.48. The first-order valence-corrected chi connectivity index (χ1v) is 10.3. The van der Waals surface area contributed by atoms with Gasteiger partial charge in [0.1, 0.15) is 25.0 Å². The van der Waals surface area contributed by atoms with E-state index in [-0.39, 0.29) is 0 Å². The van der Waals surface area contributed by atoms with Crippen molar-refractivity contribution in [3.63, 3.8) is 0 Å². The molecule has 25 heavy (non-hydrogen) atoms. The predicted molar refractivity (Wildman–Crippen MR) is 99.7 cm³/mol. The van der Waals surface area contributed by atoms with Crippen LogP contribution in [-0.2, 0) is 5.41 Å². The Hall–Kier alpha value is -1.06. The molecule has 5 rings (SSSR count). The summed E-state index contributed by atoms with van der Waals surface area (Å²) in [7, 11) is 0. The number of hydrogen-bond acceptors (Lipinski definition) is 2. The number of benzene rings is 1. The van der Waals surface area contributed by atoms with E-state index in [1.54, 1.807) is 0 Å². The molecule has 138 valence electrons. The van der Waals surface area contributed by atoms with Crippen molar-refractivity contribution < 1.29 is 15.2 Å². The Kier molecular flexibility index (Phi) is 4.81. The van der Waals surface area contributed by atoms with Crippen LogP contribution in [0.2, 0.25) is 0 Å². The number of aliphatic hydroxyl groups excluding tert-OH is 1. The molecule has 3 heteroatoms. The van der Waals surface area contributed by atoms with Crippen LogP contribution in [0.5, 0.6) is 5.75 Å². The largest absolute Gasteiger partial charge is 0.491 e. The third-order valence-electron chi connectivity index (χ3n) is 6.83. The van der Waals surface area contributed by atoms with Crippen LogP contribution in [0.15, 0.2) is 24.3 Å². The van der Waals surface area contributed by atoms with Crippen LogP contribution in [0.3, 0.4) is 0 Å². The molecule has 4 bridgehead atoms. The van der Waals surface area contributed by atoms with Crippen molar-refractivity contribution in [3.05, 3.63) is 29.8 Å². The van der Waals surface area contributed by atoms with Crippen molar-refractivity contribution in [2.45, 2.75) is 69.9 Å². The molecule has 1 atom stereocenters. The highest BCUT2D eigenvalue weighted by molar-refractivity contribution is 5.34. The van der Waals surface area contributed by atoms with Gasteiger partial charge in [0.25, 0.3) is 0 Å². The zero-order valence-corrected chi connectivity index (χ0v) is 15.8. The predicted octanol–water partition coefficient (Wildman–Crippen LogP) is 2.87. The lowest BCUT2D eigenvalue weighted by molar-refractivity contribution is -0.688. The van der Waals surface area contributed by atoms with Crippen LogP contribution in [0.25, 0.3) is 0 Å². The maximum atomic E-state index is 10.0. The molecule has 3 N–H and O–H groups in total. The fourth-order valence-corrected chi connectivity index (χ4v) is 6.06. The second-order valence-corrected chi connectivity index (χ2v) is 9.40. The first-order chi connectivity index (χ1) is 12.0. The van der Waals surface area contributed by atoms with Crippen LogP contribution in [-0.4, -0.2) is 30.4 Å². The topological polar surface area (TPSA) is 46.1 Å². The maximum Gasteiger partial charge on any atom is 0.137 e. The summed E-state index contributed by atoms with van der Waals surface area (Å²) in [6.45, 7) is 5.34. The van der Waals surface area contributed by atoms with Gasteiger partial charge < -0.3 is 15.2 Å². The second-order valence-electron chi connectivity index (χ2n) is 9.40. The molecule has 0 radical (unpaired) electrons. The van der Waals surface area contributed by atoms with Gasteiger partial charge in [-0.25, -0.2) is 0 Å². The highest BCUT2D eigenvalue weighted by Crippen LogP contribution is 2.60. The summed E-state index contributed by atoms with van der Waals surface area (Å²) in [6.07, 6.45) is 8.28. The molecule has 0 amide bonds. The van der Waals surface area contributed by atoms with Gasteiger partial charge in [-0.3, -0.25) is 0 Å². The van der Waals surface area contributed by atoms with Gasteiger partial charge in [-0.05, 0) is 93.2 Å². The third kappa shape index (κ3) is 3.73. The van der Waals surface area contributed by atoms with Crippen LogP contribution < -0.4 is 10.1 Å². The highest BCUT2D eigenvalue weighted by atomic mass is 16.5. The summed E-state index contributed by atoms with van der Waals surface area (Å²) >= 11 is 0. The minimum Gasteiger partial charge on any atom is -0.491 e. The molecule has 4 aliphatic carbocycles. The number of nitrogens with two attached hydrogens (primary N) is 1. The third-order valence-corrected chi connectivity index (χ3v) is 6.83. The van der Waals surface area contributed by atoms with E-state index in [4.69, 9.17) is 4.74 Å². The first-order valence-electron chi connectivity index (χ1n) is 10.3. The second kappa shape index (κ2) is 6.92. The van der Waals surface area contributed by atoms with Gasteiger partial charge in [0.05, 0.1) is 6.04 Å². The van der Waals surface area contributed by atoms with Crippen LogP contribution in [0.1, 0.15) is 57.9 Å². The molecule has 1 aromatic rings. The molecule has 1 aromatic carbocycles. The smallest absolute Gasteiger partial charge is 0.137 e. The van der Waals surface area contributed by atoms with Crippen molar-refractivity contribution in [1.82, 2.24) is 0 Å². The molecule has 0 saturated heterocycles. The summed E-state index contributed by atoms with van der Waals surface area (Å²) in [6, 6.07) is 9.35. The summed E-state index contributed by atoms with van der Waals surface area (Å²) < 4.78 is 5.80. The van der Waals surface area contributed by atoms with Crippen molar-refractivity contribution >= 4 is 0 Å². The van der Waals surface area contributed by atoms with Gasteiger partial charge in [-0.2, -0.15) is 0 Å². The molecule has 0 unspecified atom stereocenters. The molecular weight excluding hydrogens is 310 g/mol. The van der Waals surface area contributed by atoms with Gasteiger partial charge in [0.2, 0.25) is 0 Å². The van der Waals surface area contributed by atoms with Crippen molar-refractivity contribution in [3.8, 4) is 5.75 Å². The number of ether oxygens (including phenoxy) is 1. The zero-order valence-electron chi connectivity index (χ0n) is 15.8. The molecule has 3 nitrogen and oxygen atoms in total. The van der Waals surface area contributed by atoms with E-state index in [1.807, 2.05) is 0 Å². The summed E-state index contributed by atoms with van der Waals surface area (Å²) in [4.78, 5) is 0. The summed E-state index contributed by atoms with van der Waals surface area (Å²) in [5.74, 6) is 3.83. The lowest BCUT2D eigenvalue weighted by Crippen LogP contribution is -2.90. The van der Waals surface area contributed by atoms with Crippen molar-refractivity contribution in [2.75, 3.05) is 13.2 Å². The monoisotopic (exact) mass is 344 g/mol. The van der Waals surface area contributed by atoms with E-state index in [1.165, 1.54) is 44.1 Å². The summed E-state index contributed by atoms with van der Waals surface area (Å²) in [5.41, 5.74) is 1.99. The van der Waals surface area contributed by atoms with Crippen LogP contribution >= 0.6 is 0 Å². The lowest BCUT2D eigenvalue weighted by Gasteiger charge is -2.57. The van der Waals surface area contributed by atoms with E-state index >= 15 is 0 Å². The number of hydrogen-bond donors (Lipinski definition) is 2. The molecule has 4 fully saturated rings. The fourth-order valence-electron chi connectivity index (χ4n) is 6.06. The number of aliphatic hydroxyl groups is 1. The fraction of sp³-hybridized carbons (Fsp3) is 0.727. The number of quaternary nitrogens is 1. The van der Waals surface area contributed by atoms with E-state index in [0.717, 1.165) is 23.5 Å². The van der Waals surface area contributed by atoms with Crippen LogP contribution in [0, 0.1) is 17.8 Å². The maximum absolute atomic E-state index is 10.0. The molecule has 0 spiro atoms. The van der Waals surface area contributed by atoms with E-state index in [2.05, 4.69) is 43.4 Å². The normalized spacial score (nSPS) is 34.5. The minimum atomic E-state index is -0.412. The van der Waals surface area contributed by atoms with Crippen molar-refractivity contribution in [1.29, 1.82) is 0 Å². The SMILES string of the molecule is CC(C)[NH2+]C[C@H](O)COc1ccc(C23CC4CC(CC(C4)C2)C3)cc1. The van der Waals surface area contributed by atoms with E-state index in [9.17, 15) is 5.11 Å². The van der Waals surface area contributed by atoms with Crippen molar-refractivity contribution in [2.24, 2.45) is 17.8 Å². The minimum absolute atomic E-state index is 0.375. The molecule has 4 aliphatic rings. The molecular formula is C22H34NO2+. The van der Waals surface area contributed by atoms with Gasteiger partial charge >= 0.3 is 0 Å². The zero-order chi connectivity index (χ0) is 17.4.